The number of halogens is 1. The fourth-order valence-corrected chi connectivity index (χ4v) is 7.31. The highest BCUT2D eigenvalue weighted by molar-refractivity contribution is 9.10. The van der Waals surface area contributed by atoms with Gasteiger partial charge in [-0.1, -0.05) is 94.8 Å². The minimum absolute atomic E-state index is 0.0948. The molecule has 0 fully saturated rings. The van der Waals surface area contributed by atoms with E-state index in [0.717, 1.165) is 31.9 Å². The minimum atomic E-state index is -0.313. The first kappa shape index (κ1) is 22.5. The fraction of sp³-hybridized carbons (Fsp3) is 0.147. The van der Waals surface area contributed by atoms with Crippen LogP contribution in [0.2, 0.25) is 0 Å². The maximum Gasteiger partial charge on any atom is 0.338 e. The van der Waals surface area contributed by atoms with Crippen molar-refractivity contribution in [1.82, 2.24) is 0 Å². The van der Waals surface area contributed by atoms with Gasteiger partial charge in [0.25, 0.3) is 0 Å². The lowest BCUT2D eigenvalue weighted by molar-refractivity contribution is 0.0602. The maximum absolute atomic E-state index is 13.2. The summed E-state index contributed by atoms with van der Waals surface area (Å²) in [6.45, 7) is 4.41. The summed E-state index contributed by atoms with van der Waals surface area (Å²) in [5, 5.41) is 2.17. The van der Waals surface area contributed by atoms with Crippen LogP contribution in [0.4, 0.5) is 0 Å². The van der Waals surface area contributed by atoms with Gasteiger partial charge in [0.15, 0.2) is 0 Å². The van der Waals surface area contributed by atoms with Crippen LogP contribution >= 0.6 is 15.9 Å². The molecule has 0 radical (unpaired) electrons. The number of methoxy groups -OCH3 is 1. The summed E-state index contributed by atoms with van der Waals surface area (Å²) in [6.07, 6.45) is 0. The molecule has 5 aromatic rings. The van der Waals surface area contributed by atoms with E-state index in [4.69, 9.17) is 4.74 Å². The normalized spacial score (nSPS) is 16.8. The van der Waals surface area contributed by atoms with Crippen molar-refractivity contribution in [3.63, 3.8) is 0 Å². The standard InChI is InChI=1S/C34H25BrO2/c1-18-27(29-21-11-5-4-10-20(21)16-17-26(29)34(36)37-3)32-28(19(2)33(18)35)30-22-12-6-8-14-24(22)31(32)25-15-9-7-13-23(25)30/h4-17,30-31H,1-3H3. The molecule has 0 saturated carbocycles. The van der Waals surface area contributed by atoms with E-state index in [1.165, 1.54) is 46.1 Å². The van der Waals surface area contributed by atoms with Crippen LogP contribution in [0.1, 0.15) is 66.7 Å². The second-order valence-electron chi connectivity index (χ2n) is 10.1. The average Bonchev–Trinajstić information content (AvgIpc) is 2.95. The summed E-state index contributed by atoms with van der Waals surface area (Å²) in [4.78, 5) is 13.2. The molecule has 0 spiro atoms. The zero-order chi connectivity index (χ0) is 25.4. The van der Waals surface area contributed by atoms with Crippen LogP contribution in [0.15, 0.2) is 89.4 Å². The van der Waals surface area contributed by atoms with Gasteiger partial charge in [-0.3, -0.25) is 0 Å². The quantitative estimate of drug-likeness (QED) is 0.203. The van der Waals surface area contributed by atoms with Gasteiger partial charge in [-0.15, -0.1) is 0 Å². The molecule has 2 nitrogen and oxygen atoms in total. The number of hydrogen-bond acceptors (Lipinski definition) is 2. The minimum Gasteiger partial charge on any atom is -0.465 e. The van der Waals surface area contributed by atoms with E-state index in [0.29, 0.717) is 5.56 Å². The van der Waals surface area contributed by atoms with Crippen molar-refractivity contribution < 1.29 is 9.53 Å². The van der Waals surface area contributed by atoms with E-state index in [9.17, 15) is 4.79 Å². The highest BCUT2D eigenvalue weighted by Crippen LogP contribution is 2.60. The summed E-state index contributed by atoms with van der Waals surface area (Å²) in [7, 11) is 1.46. The molecule has 0 heterocycles. The predicted molar refractivity (Wildman–Crippen MR) is 153 cm³/mol. The van der Waals surface area contributed by atoms with Crippen LogP contribution in [0.3, 0.4) is 0 Å². The van der Waals surface area contributed by atoms with Gasteiger partial charge in [0, 0.05) is 21.9 Å². The van der Waals surface area contributed by atoms with E-state index in [1.807, 2.05) is 18.2 Å². The Balaban J connectivity index is 1.69. The molecular weight excluding hydrogens is 520 g/mol. The number of esters is 1. The number of carbonyl (C=O) groups is 1. The molecule has 0 unspecified atom stereocenters. The molecule has 0 aromatic heterocycles. The summed E-state index contributed by atoms with van der Waals surface area (Å²) in [5.74, 6) is -0.0654. The summed E-state index contributed by atoms with van der Waals surface area (Å²) < 4.78 is 6.41. The van der Waals surface area contributed by atoms with Crippen molar-refractivity contribution in [3.8, 4) is 11.1 Å². The molecule has 3 aliphatic carbocycles. The number of benzene rings is 5. The molecule has 2 bridgehead atoms. The second-order valence-corrected chi connectivity index (χ2v) is 10.9. The van der Waals surface area contributed by atoms with E-state index < -0.39 is 0 Å². The van der Waals surface area contributed by atoms with E-state index in [1.54, 1.807) is 0 Å². The van der Waals surface area contributed by atoms with Crippen molar-refractivity contribution in [3.05, 3.63) is 139 Å². The molecule has 0 N–H and O–H groups in total. The monoisotopic (exact) mass is 544 g/mol. The highest BCUT2D eigenvalue weighted by Gasteiger charge is 2.44. The Bertz CT molecular complexity index is 1730. The van der Waals surface area contributed by atoms with Gasteiger partial charge < -0.3 is 4.74 Å². The Labute approximate surface area is 225 Å². The lowest BCUT2D eigenvalue weighted by atomic mass is 9.58. The first-order valence-corrected chi connectivity index (χ1v) is 13.4. The van der Waals surface area contributed by atoms with Crippen LogP contribution in [0, 0.1) is 13.8 Å². The van der Waals surface area contributed by atoms with Gasteiger partial charge in [-0.2, -0.15) is 0 Å². The fourth-order valence-electron chi connectivity index (χ4n) is 6.89. The summed E-state index contributed by atoms with van der Waals surface area (Å²) in [5.41, 5.74) is 13.3. The van der Waals surface area contributed by atoms with Crippen molar-refractivity contribution in [2.24, 2.45) is 0 Å². The zero-order valence-electron chi connectivity index (χ0n) is 20.9. The van der Waals surface area contributed by atoms with Crippen LogP contribution in [0.5, 0.6) is 0 Å². The zero-order valence-corrected chi connectivity index (χ0v) is 22.5. The predicted octanol–water partition coefficient (Wildman–Crippen LogP) is 8.66. The van der Waals surface area contributed by atoms with Crippen LogP contribution in [0.25, 0.3) is 21.9 Å². The first-order valence-electron chi connectivity index (χ1n) is 12.6. The van der Waals surface area contributed by atoms with Crippen LogP contribution in [-0.2, 0) is 4.74 Å². The topological polar surface area (TPSA) is 26.3 Å². The lowest BCUT2D eigenvalue weighted by Crippen LogP contribution is -2.29. The highest BCUT2D eigenvalue weighted by atomic mass is 79.9. The SMILES string of the molecule is COC(=O)c1ccc2ccccc2c1-c1c(C)c(Br)c(C)c2c1C1c3ccccc3C2c2ccccc21. The molecular formula is C34H25BrO2. The lowest BCUT2D eigenvalue weighted by Gasteiger charge is -2.45. The Morgan fingerprint density at radius 3 is 1.81 bits per heavy atom. The molecule has 0 atom stereocenters. The summed E-state index contributed by atoms with van der Waals surface area (Å²) >= 11 is 3.98. The van der Waals surface area contributed by atoms with Gasteiger partial charge >= 0.3 is 5.97 Å². The Morgan fingerprint density at radius 1 is 0.676 bits per heavy atom. The third-order valence-electron chi connectivity index (χ3n) is 8.39. The van der Waals surface area contributed by atoms with Crippen molar-refractivity contribution in [2.75, 3.05) is 7.11 Å². The van der Waals surface area contributed by atoms with E-state index in [-0.39, 0.29) is 17.8 Å². The molecule has 8 rings (SSSR count). The molecule has 37 heavy (non-hydrogen) atoms. The number of ether oxygens (including phenoxy) is 1. The third-order valence-corrected chi connectivity index (χ3v) is 9.58. The molecule has 0 saturated heterocycles. The van der Waals surface area contributed by atoms with Gasteiger partial charge in [-0.05, 0) is 80.8 Å². The van der Waals surface area contributed by atoms with E-state index in [2.05, 4.69) is 96.5 Å². The van der Waals surface area contributed by atoms with Gasteiger partial charge in [-0.25, -0.2) is 4.79 Å². The Morgan fingerprint density at radius 2 is 1.22 bits per heavy atom. The Kier molecular flexibility index (Phi) is 4.96. The Hall–Kier alpha value is -3.69. The number of hydrogen-bond donors (Lipinski definition) is 0. The number of rotatable bonds is 2. The smallest absolute Gasteiger partial charge is 0.338 e. The molecule has 0 aliphatic heterocycles. The maximum atomic E-state index is 13.2. The summed E-state index contributed by atoms with van der Waals surface area (Å²) in [6, 6.07) is 30.0. The second kappa shape index (κ2) is 8.16. The van der Waals surface area contributed by atoms with Gasteiger partial charge in [0.1, 0.15) is 0 Å². The number of fused-ring (bicyclic) bond motifs is 1. The van der Waals surface area contributed by atoms with Crippen molar-refractivity contribution in [1.29, 1.82) is 0 Å². The number of carbonyl (C=O) groups excluding carboxylic acids is 1. The average molecular weight is 545 g/mol. The van der Waals surface area contributed by atoms with Gasteiger partial charge in [0.2, 0.25) is 0 Å². The molecule has 3 heteroatoms. The molecule has 180 valence electrons. The molecule has 3 aliphatic rings. The third kappa shape index (κ3) is 2.95. The van der Waals surface area contributed by atoms with Gasteiger partial charge in [0.05, 0.1) is 12.7 Å². The molecule has 5 aromatic carbocycles. The van der Waals surface area contributed by atoms with Crippen molar-refractivity contribution in [2.45, 2.75) is 25.7 Å². The van der Waals surface area contributed by atoms with Crippen LogP contribution in [-0.4, -0.2) is 13.1 Å². The van der Waals surface area contributed by atoms with E-state index >= 15 is 0 Å². The largest absolute Gasteiger partial charge is 0.465 e. The van der Waals surface area contributed by atoms with Crippen molar-refractivity contribution >= 4 is 32.7 Å². The van der Waals surface area contributed by atoms with Crippen LogP contribution < -0.4 is 0 Å². The first-order chi connectivity index (χ1) is 18.0. The molecule has 0 amide bonds.